The Balaban J connectivity index is 0.00000144. The molecule has 0 amide bonds. The molecule has 0 unspecified atom stereocenters. The van der Waals surface area contributed by atoms with Crippen LogP contribution in [0.3, 0.4) is 0 Å². The van der Waals surface area contributed by atoms with Crippen LogP contribution >= 0.6 is 12.4 Å². The summed E-state index contributed by atoms with van der Waals surface area (Å²) in [4.78, 5) is 11.4. The molecule has 0 fully saturated rings. The molecule has 1 aliphatic rings. The summed E-state index contributed by atoms with van der Waals surface area (Å²) in [5.41, 5.74) is 6.35. The van der Waals surface area contributed by atoms with Gasteiger partial charge in [-0.05, 0) is 6.07 Å². The van der Waals surface area contributed by atoms with Gasteiger partial charge in [-0.15, -0.1) is 12.4 Å². The van der Waals surface area contributed by atoms with Crippen LogP contribution in [-0.2, 0) is 9.53 Å². The number of carbonyl (C=O) groups excluding carboxylic acids is 1. The van der Waals surface area contributed by atoms with E-state index in [1.54, 1.807) is 18.2 Å². The fourth-order valence-electron chi connectivity index (χ4n) is 1.60. The molecule has 94 valence electrons. The summed E-state index contributed by atoms with van der Waals surface area (Å²) in [5, 5.41) is 0. The average Bonchev–Trinajstić information content (AvgIpc) is 2.36. The summed E-state index contributed by atoms with van der Waals surface area (Å²) in [6, 6.07) is 4.43. The van der Waals surface area contributed by atoms with Crippen LogP contribution in [0.15, 0.2) is 18.2 Å². The second-order valence-electron chi connectivity index (χ2n) is 3.37. The molecular weight excluding hydrogens is 246 g/mol. The highest BCUT2D eigenvalue weighted by Crippen LogP contribution is 2.36. The first-order chi connectivity index (χ1) is 7.74. The Labute approximate surface area is 105 Å². The normalized spacial score (nSPS) is 14.5. The van der Waals surface area contributed by atoms with Gasteiger partial charge in [0.2, 0.25) is 0 Å². The van der Waals surface area contributed by atoms with Crippen LogP contribution in [0.2, 0.25) is 0 Å². The maximum atomic E-state index is 11.4. The number of methoxy groups -OCH3 is 1. The van der Waals surface area contributed by atoms with E-state index in [0.717, 1.165) is 0 Å². The van der Waals surface area contributed by atoms with Gasteiger partial charge in [0.1, 0.15) is 19.3 Å². The summed E-state index contributed by atoms with van der Waals surface area (Å²) in [6.45, 7) is 0.960. The minimum Gasteiger partial charge on any atom is -0.486 e. The van der Waals surface area contributed by atoms with Gasteiger partial charge in [-0.3, -0.25) is 4.79 Å². The summed E-state index contributed by atoms with van der Waals surface area (Å²) in [7, 11) is 1.30. The molecule has 2 N–H and O–H groups in total. The van der Waals surface area contributed by atoms with Crippen molar-refractivity contribution in [3.05, 3.63) is 23.8 Å². The number of hydrogen-bond acceptors (Lipinski definition) is 5. The van der Waals surface area contributed by atoms with Gasteiger partial charge in [-0.25, -0.2) is 0 Å². The van der Waals surface area contributed by atoms with Crippen molar-refractivity contribution in [1.29, 1.82) is 0 Å². The second kappa shape index (κ2) is 5.75. The van der Waals surface area contributed by atoms with Crippen molar-refractivity contribution < 1.29 is 19.0 Å². The van der Waals surface area contributed by atoms with Gasteiger partial charge >= 0.3 is 5.97 Å². The van der Waals surface area contributed by atoms with Crippen LogP contribution in [0, 0.1) is 0 Å². The molecule has 1 heterocycles. The number of para-hydroxylation sites is 1. The fourth-order valence-corrected chi connectivity index (χ4v) is 1.60. The molecule has 17 heavy (non-hydrogen) atoms. The lowest BCUT2D eigenvalue weighted by Gasteiger charge is -2.22. The smallest absolute Gasteiger partial charge is 0.327 e. The number of hydrogen-bond donors (Lipinski definition) is 1. The number of fused-ring (bicyclic) bond motifs is 1. The Hall–Kier alpha value is -1.46. The maximum absolute atomic E-state index is 11.4. The highest BCUT2D eigenvalue weighted by molar-refractivity contribution is 5.85. The topological polar surface area (TPSA) is 70.8 Å². The minimum atomic E-state index is -0.846. The van der Waals surface area contributed by atoms with Gasteiger partial charge in [0.15, 0.2) is 11.5 Å². The summed E-state index contributed by atoms with van der Waals surface area (Å²) < 4.78 is 15.4. The Kier molecular flexibility index (Phi) is 4.60. The van der Waals surface area contributed by atoms with Gasteiger partial charge in [0.25, 0.3) is 0 Å². The molecule has 0 spiro atoms. The van der Waals surface area contributed by atoms with Crippen molar-refractivity contribution in [2.45, 2.75) is 6.04 Å². The van der Waals surface area contributed by atoms with Crippen molar-refractivity contribution in [3.8, 4) is 11.5 Å². The Bertz CT molecular complexity index is 410. The molecule has 5 nitrogen and oxygen atoms in total. The Morgan fingerprint density at radius 1 is 1.41 bits per heavy atom. The number of halogens is 1. The molecule has 1 aromatic carbocycles. The molecule has 0 radical (unpaired) electrons. The van der Waals surface area contributed by atoms with E-state index in [1.165, 1.54) is 7.11 Å². The highest BCUT2D eigenvalue weighted by Gasteiger charge is 2.24. The van der Waals surface area contributed by atoms with E-state index in [9.17, 15) is 4.79 Å². The van der Waals surface area contributed by atoms with Gasteiger partial charge in [0.05, 0.1) is 7.11 Å². The predicted molar refractivity (Wildman–Crippen MR) is 63.6 cm³/mol. The van der Waals surface area contributed by atoms with Crippen molar-refractivity contribution in [2.24, 2.45) is 5.73 Å². The number of ether oxygens (including phenoxy) is 3. The Morgan fingerprint density at radius 3 is 2.82 bits per heavy atom. The van der Waals surface area contributed by atoms with Crippen molar-refractivity contribution in [1.82, 2.24) is 0 Å². The zero-order chi connectivity index (χ0) is 11.5. The van der Waals surface area contributed by atoms with Gasteiger partial charge in [0, 0.05) is 5.56 Å². The van der Waals surface area contributed by atoms with E-state index in [-0.39, 0.29) is 12.4 Å². The summed E-state index contributed by atoms with van der Waals surface area (Å²) in [6.07, 6.45) is 0. The molecule has 1 aromatic rings. The molecule has 1 aliphatic heterocycles. The van der Waals surface area contributed by atoms with Crippen molar-refractivity contribution >= 4 is 18.4 Å². The molecule has 0 saturated heterocycles. The van der Waals surface area contributed by atoms with Crippen LogP contribution in [0.1, 0.15) is 11.6 Å². The predicted octanol–water partition coefficient (Wildman–Crippen LogP) is 1.05. The van der Waals surface area contributed by atoms with E-state index in [0.29, 0.717) is 30.3 Å². The van der Waals surface area contributed by atoms with Crippen LogP contribution in [-0.4, -0.2) is 26.3 Å². The third-order valence-corrected chi connectivity index (χ3v) is 2.39. The molecule has 1 atom stereocenters. The SMILES string of the molecule is COC(=O)[C@H](N)c1cccc2c1OCCO2.Cl. The van der Waals surface area contributed by atoms with E-state index in [1.807, 2.05) is 0 Å². The number of rotatable bonds is 2. The molecule has 0 saturated carbocycles. The molecule has 0 bridgehead atoms. The van der Waals surface area contributed by atoms with Crippen LogP contribution in [0.25, 0.3) is 0 Å². The van der Waals surface area contributed by atoms with Crippen molar-refractivity contribution in [2.75, 3.05) is 20.3 Å². The number of carbonyl (C=O) groups is 1. The summed E-state index contributed by atoms with van der Waals surface area (Å²) >= 11 is 0. The van der Waals surface area contributed by atoms with Crippen LogP contribution in [0.4, 0.5) is 0 Å². The molecule has 6 heteroatoms. The minimum absolute atomic E-state index is 0. The number of benzene rings is 1. The number of nitrogens with two attached hydrogens (primary N) is 1. The Morgan fingerprint density at radius 2 is 2.12 bits per heavy atom. The molecule has 0 aliphatic carbocycles. The standard InChI is InChI=1S/C11H13NO4.ClH/c1-14-11(13)9(12)7-3-2-4-8-10(7)16-6-5-15-8;/h2-4,9H,5-6,12H2,1H3;1H/t9-;/m1./s1. The summed E-state index contributed by atoms with van der Waals surface area (Å²) in [5.74, 6) is 0.650. The molecular formula is C11H14ClNO4. The fraction of sp³-hybridized carbons (Fsp3) is 0.364. The zero-order valence-electron chi connectivity index (χ0n) is 9.34. The number of esters is 1. The van der Waals surface area contributed by atoms with Crippen LogP contribution in [0.5, 0.6) is 11.5 Å². The van der Waals surface area contributed by atoms with E-state index in [4.69, 9.17) is 15.2 Å². The second-order valence-corrected chi connectivity index (χ2v) is 3.37. The molecule has 2 rings (SSSR count). The van der Waals surface area contributed by atoms with Gasteiger partial charge in [-0.2, -0.15) is 0 Å². The van der Waals surface area contributed by atoms with E-state index >= 15 is 0 Å². The lowest BCUT2D eigenvalue weighted by atomic mass is 10.1. The lowest BCUT2D eigenvalue weighted by molar-refractivity contribution is -0.142. The first-order valence-corrected chi connectivity index (χ1v) is 4.96. The quantitative estimate of drug-likeness (QED) is 0.804. The average molecular weight is 260 g/mol. The van der Waals surface area contributed by atoms with Crippen molar-refractivity contribution in [3.63, 3.8) is 0 Å². The van der Waals surface area contributed by atoms with E-state index < -0.39 is 12.0 Å². The van der Waals surface area contributed by atoms with Gasteiger partial charge in [-0.1, -0.05) is 12.1 Å². The lowest BCUT2D eigenvalue weighted by Crippen LogP contribution is -2.25. The largest absolute Gasteiger partial charge is 0.486 e. The van der Waals surface area contributed by atoms with Crippen LogP contribution < -0.4 is 15.2 Å². The first-order valence-electron chi connectivity index (χ1n) is 4.96. The monoisotopic (exact) mass is 259 g/mol. The third-order valence-electron chi connectivity index (χ3n) is 2.39. The first kappa shape index (κ1) is 13.6. The third kappa shape index (κ3) is 2.62. The zero-order valence-corrected chi connectivity index (χ0v) is 10.2. The molecule has 0 aromatic heterocycles. The van der Waals surface area contributed by atoms with Gasteiger partial charge < -0.3 is 19.9 Å². The van der Waals surface area contributed by atoms with E-state index in [2.05, 4.69) is 4.74 Å². The highest BCUT2D eigenvalue weighted by atomic mass is 35.5. The maximum Gasteiger partial charge on any atom is 0.327 e.